The maximum Gasteiger partial charge on any atom is 0.228 e. The van der Waals surface area contributed by atoms with Crippen LogP contribution in [0.15, 0.2) is 24.5 Å². The van der Waals surface area contributed by atoms with Crippen LogP contribution in [0, 0.1) is 10.8 Å². The third-order valence-electron chi connectivity index (χ3n) is 6.00. The Labute approximate surface area is 131 Å². The van der Waals surface area contributed by atoms with E-state index in [-0.39, 0.29) is 10.8 Å². The number of nitrogens with one attached hydrogen (secondary N) is 2. The number of carbonyl (C=O) groups is 1. The number of piperidine rings is 1. The molecule has 0 unspecified atom stereocenters. The minimum absolute atomic E-state index is 0.154. The lowest BCUT2D eigenvalue weighted by atomic mass is 9.60. The van der Waals surface area contributed by atoms with Crippen molar-refractivity contribution in [2.75, 3.05) is 32.7 Å². The van der Waals surface area contributed by atoms with E-state index in [4.69, 9.17) is 0 Å². The van der Waals surface area contributed by atoms with Crippen molar-refractivity contribution in [3.05, 3.63) is 30.1 Å². The molecule has 3 saturated heterocycles. The third-order valence-corrected chi connectivity index (χ3v) is 6.00. The second kappa shape index (κ2) is 5.32. The van der Waals surface area contributed by atoms with Crippen LogP contribution in [0.4, 0.5) is 0 Å². The minimum atomic E-state index is -0.169. The van der Waals surface area contributed by atoms with Crippen LogP contribution < -0.4 is 10.6 Å². The topological polar surface area (TPSA) is 57.3 Å². The van der Waals surface area contributed by atoms with Gasteiger partial charge in [-0.05, 0) is 44.0 Å². The Morgan fingerprint density at radius 3 is 2.73 bits per heavy atom. The second-order valence-electron chi connectivity index (χ2n) is 7.12. The molecule has 4 rings (SSSR count). The highest BCUT2D eigenvalue weighted by Gasteiger charge is 2.62. The standard InChI is InChI=1S/C17H24N4O/c22-15-17(5-9-20-15)13-21(11-14-2-1-6-19-10-14)12-16(17)3-7-18-8-4-16/h1-2,6,10,18H,3-5,7-9,11-13H2,(H,20,22)/t17-/m1/s1. The summed E-state index contributed by atoms with van der Waals surface area (Å²) in [7, 11) is 0. The molecular weight excluding hydrogens is 276 g/mol. The zero-order valence-corrected chi connectivity index (χ0v) is 13.0. The van der Waals surface area contributed by atoms with Crippen LogP contribution in [0.25, 0.3) is 0 Å². The van der Waals surface area contributed by atoms with E-state index < -0.39 is 0 Å². The molecule has 0 radical (unpaired) electrons. The fraction of sp³-hybridized carbons (Fsp3) is 0.647. The van der Waals surface area contributed by atoms with E-state index in [9.17, 15) is 4.79 Å². The van der Waals surface area contributed by atoms with Crippen molar-refractivity contribution < 1.29 is 4.79 Å². The van der Waals surface area contributed by atoms with E-state index in [1.54, 1.807) is 0 Å². The van der Waals surface area contributed by atoms with E-state index in [2.05, 4.69) is 26.6 Å². The predicted octanol–water partition coefficient (Wildman–Crippen LogP) is 0.773. The largest absolute Gasteiger partial charge is 0.356 e. The highest BCUT2D eigenvalue weighted by molar-refractivity contribution is 5.86. The van der Waals surface area contributed by atoms with E-state index in [1.165, 1.54) is 5.56 Å². The molecular formula is C17H24N4O. The highest BCUT2D eigenvalue weighted by atomic mass is 16.2. The van der Waals surface area contributed by atoms with E-state index >= 15 is 0 Å². The van der Waals surface area contributed by atoms with Gasteiger partial charge in [-0.15, -0.1) is 0 Å². The number of pyridine rings is 1. The predicted molar refractivity (Wildman–Crippen MR) is 84.1 cm³/mol. The van der Waals surface area contributed by atoms with Gasteiger partial charge in [-0.25, -0.2) is 0 Å². The Morgan fingerprint density at radius 1 is 1.18 bits per heavy atom. The molecule has 5 heteroatoms. The lowest BCUT2D eigenvalue weighted by molar-refractivity contribution is -0.133. The van der Waals surface area contributed by atoms with Gasteiger partial charge in [0.2, 0.25) is 5.91 Å². The molecule has 2 spiro atoms. The van der Waals surface area contributed by atoms with Gasteiger partial charge in [-0.2, -0.15) is 0 Å². The number of fused-ring (bicyclic) bond motifs is 1. The quantitative estimate of drug-likeness (QED) is 0.847. The minimum Gasteiger partial charge on any atom is -0.356 e. The van der Waals surface area contributed by atoms with Gasteiger partial charge < -0.3 is 10.6 Å². The molecule has 2 N–H and O–H groups in total. The van der Waals surface area contributed by atoms with E-state index in [1.807, 2.05) is 18.5 Å². The summed E-state index contributed by atoms with van der Waals surface area (Å²) in [5.41, 5.74) is 1.22. The van der Waals surface area contributed by atoms with Crippen molar-refractivity contribution in [1.82, 2.24) is 20.5 Å². The van der Waals surface area contributed by atoms with Crippen LogP contribution in [0.5, 0.6) is 0 Å². The smallest absolute Gasteiger partial charge is 0.228 e. The van der Waals surface area contributed by atoms with Gasteiger partial charge in [-0.3, -0.25) is 14.7 Å². The molecule has 3 aliphatic rings. The number of nitrogens with zero attached hydrogens (tertiary/aromatic N) is 2. The van der Waals surface area contributed by atoms with Crippen LogP contribution in [0.3, 0.4) is 0 Å². The molecule has 0 aliphatic carbocycles. The first kappa shape index (κ1) is 14.2. The van der Waals surface area contributed by atoms with Crippen molar-refractivity contribution in [1.29, 1.82) is 0 Å². The number of hydrogen-bond acceptors (Lipinski definition) is 4. The molecule has 0 aromatic carbocycles. The maximum absolute atomic E-state index is 12.7. The normalized spacial score (nSPS) is 31.0. The summed E-state index contributed by atoms with van der Waals surface area (Å²) in [6.45, 7) is 5.75. The SMILES string of the molecule is O=C1NCC[C@@]12CN(Cc1cccnc1)CC21CCNCC1. The molecule has 5 nitrogen and oxygen atoms in total. The Kier molecular flexibility index (Phi) is 3.42. The Hall–Kier alpha value is -1.46. The number of carbonyl (C=O) groups excluding carboxylic acids is 1. The van der Waals surface area contributed by atoms with Crippen LogP contribution in [0.1, 0.15) is 24.8 Å². The summed E-state index contributed by atoms with van der Waals surface area (Å²) >= 11 is 0. The lowest BCUT2D eigenvalue weighted by Gasteiger charge is -2.43. The van der Waals surface area contributed by atoms with Crippen molar-refractivity contribution in [2.45, 2.75) is 25.8 Å². The number of rotatable bonds is 2. The summed E-state index contributed by atoms with van der Waals surface area (Å²) in [5, 5.41) is 6.57. The second-order valence-corrected chi connectivity index (χ2v) is 7.12. The molecule has 1 aromatic heterocycles. The van der Waals surface area contributed by atoms with Gasteiger partial charge >= 0.3 is 0 Å². The van der Waals surface area contributed by atoms with Crippen molar-refractivity contribution in [3.8, 4) is 0 Å². The van der Waals surface area contributed by atoms with Crippen LogP contribution in [-0.2, 0) is 11.3 Å². The number of amides is 1. The Bertz CT molecular complexity index is 555. The lowest BCUT2D eigenvalue weighted by Crippen LogP contribution is -2.51. The Balaban J connectivity index is 1.61. The first-order valence-corrected chi connectivity index (χ1v) is 8.35. The molecule has 3 aliphatic heterocycles. The highest BCUT2D eigenvalue weighted by Crippen LogP contribution is 2.55. The number of likely N-dealkylation sites (tertiary alicyclic amines) is 1. The van der Waals surface area contributed by atoms with Gasteiger partial charge in [-0.1, -0.05) is 6.07 Å². The molecule has 0 saturated carbocycles. The fourth-order valence-corrected chi connectivity index (χ4v) is 4.92. The van der Waals surface area contributed by atoms with Crippen molar-refractivity contribution >= 4 is 5.91 Å². The molecule has 22 heavy (non-hydrogen) atoms. The van der Waals surface area contributed by atoms with Gasteiger partial charge in [0.1, 0.15) is 0 Å². The van der Waals surface area contributed by atoms with E-state index in [0.29, 0.717) is 5.91 Å². The van der Waals surface area contributed by atoms with Gasteiger partial charge in [0.25, 0.3) is 0 Å². The van der Waals surface area contributed by atoms with Crippen LogP contribution in [-0.4, -0.2) is 48.5 Å². The molecule has 1 aromatic rings. The summed E-state index contributed by atoms with van der Waals surface area (Å²) < 4.78 is 0. The molecule has 118 valence electrons. The summed E-state index contributed by atoms with van der Waals surface area (Å²) in [4.78, 5) is 19.4. The summed E-state index contributed by atoms with van der Waals surface area (Å²) in [6.07, 6.45) is 6.98. The molecule has 1 atom stereocenters. The van der Waals surface area contributed by atoms with Gasteiger partial charge in [0.05, 0.1) is 5.41 Å². The summed E-state index contributed by atoms with van der Waals surface area (Å²) in [6, 6.07) is 4.12. The fourth-order valence-electron chi connectivity index (χ4n) is 4.92. The van der Waals surface area contributed by atoms with Crippen LogP contribution >= 0.6 is 0 Å². The van der Waals surface area contributed by atoms with Crippen molar-refractivity contribution in [3.63, 3.8) is 0 Å². The first-order chi connectivity index (χ1) is 10.7. The van der Waals surface area contributed by atoms with Gasteiger partial charge in [0, 0.05) is 44.0 Å². The first-order valence-electron chi connectivity index (χ1n) is 8.35. The molecule has 1 amide bonds. The zero-order chi connectivity index (χ0) is 15.0. The molecule has 3 fully saturated rings. The zero-order valence-electron chi connectivity index (χ0n) is 13.0. The Morgan fingerprint density at radius 2 is 2.05 bits per heavy atom. The maximum atomic E-state index is 12.7. The average Bonchev–Trinajstić information content (AvgIpc) is 3.04. The molecule has 4 heterocycles. The third kappa shape index (κ3) is 2.07. The van der Waals surface area contributed by atoms with E-state index in [0.717, 1.165) is 58.5 Å². The van der Waals surface area contributed by atoms with Gasteiger partial charge in [0.15, 0.2) is 0 Å². The number of hydrogen-bond donors (Lipinski definition) is 2. The van der Waals surface area contributed by atoms with Crippen molar-refractivity contribution in [2.24, 2.45) is 10.8 Å². The number of aromatic nitrogens is 1. The summed E-state index contributed by atoms with van der Waals surface area (Å²) in [5.74, 6) is 0.295. The average molecular weight is 300 g/mol. The van der Waals surface area contributed by atoms with Crippen LogP contribution in [0.2, 0.25) is 0 Å². The molecule has 0 bridgehead atoms. The monoisotopic (exact) mass is 300 g/mol.